The molecule has 3 nitrogen and oxygen atoms in total. The maximum absolute atomic E-state index is 14.2. The van der Waals surface area contributed by atoms with Crippen LogP contribution in [0.15, 0.2) is 61.2 Å². The van der Waals surface area contributed by atoms with Crippen LogP contribution in [-0.4, -0.2) is 30.4 Å². The molecule has 1 N–H and O–H groups in total. The summed E-state index contributed by atoms with van der Waals surface area (Å²) in [5.74, 6) is 0.880. The number of hydrogen-bond donors (Lipinski definition) is 1. The third-order valence-electron chi connectivity index (χ3n) is 7.12. The topological polar surface area (TPSA) is 32.3 Å². The van der Waals surface area contributed by atoms with Crippen LogP contribution in [0.5, 0.6) is 0 Å². The molecule has 1 amide bonds. The Morgan fingerprint density at radius 3 is 2.47 bits per heavy atom. The number of carbonyl (C=O) groups is 1. The third-order valence-corrected chi connectivity index (χ3v) is 7.61. The highest BCUT2D eigenvalue weighted by Crippen LogP contribution is 2.53. The second-order valence-corrected chi connectivity index (χ2v) is 10.5. The fraction of sp³-hybridized carbons (Fsp3) is 0.444. The summed E-state index contributed by atoms with van der Waals surface area (Å²) in [7, 11) is 1.97. The number of nitrogens with zero attached hydrogens (tertiary/aromatic N) is 1. The molecule has 0 bridgehead atoms. The summed E-state index contributed by atoms with van der Waals surface area (Å²) in [5.41, 5.74) is 1.79. The van der Waals surface area contributed by atoms with Crippen LogP contribution in [0.4, 0.5) is 0 Å². The van der Waals surface area contributed by atoms with Gasteiger partial charge in [-0.15, -0.1) is 6.58 Å². The predicted octanol–water partition coefficient (Wildman–Crippen LogP) is 6.63. The van der Waals surface area contributed by atoms with Gasteiger partial charge in [-0.05, 0) is 74.0 Å². The molecule has 32 heavy (non-hydrogen) atoms. The molecule has 0 radical (unpaired) electrons. The monoisotopic (exact) mass is 470 g/mol. The molecule has 1 heterocycles. The van der Waals surface area contributed by atoms with Gasteiger partial charge in [-0.3, -0.25) is 4.79 Å². The second kappa shape index (κ2) is 9.59. The molecule has 1 saturated heterocycles. The minimum atomic E-state index is -0.501. The summed E-state index contributed by atoms with van der Waals surface area (Å²) in [4.78, 5) is 16.4. The minimum absolute atomic E-state index is 0.0740. The zero-order chi connectivity index (χ0) is 22.9. The molecule has 1 aliphatic heterocycles. The Kier molecular flexibility index (Phi) is 7.00. The van der Waals surface area contributed by atoms with Crippen LogP contribution in [0.25, 0.3) is 0 Å². The van der Waals surface area contributed by atoms with Crippen molar-refractivity contribution in [1.29, 1.82) is 0 Å². The molecule has 0 aromatic heterocycles. The average Bonchev–Trinajstić information content (AvgIpc) is 3.60. The first kappa shape index (κ1) is 23.4. The Bertz CT molecular complexity index is 972. The number of carbonyl (C=O) groups excluding carboxylic acids is 1. The molecule has 1 saturated carbocycles. The van der Waals surface area contributed by atoms with E-state index in [1.807, 2.05) is 37.4 Å². The maximum atomic E-state index is 14.2. The largest absolute Gasteiger partial charge is 0.330 e. The minimum Gasteiger partial charge on any atom is -0.330 e. The number of likely N-dealkylation sites (tertiary alicyclic amines) is 1. The Hall–Kier alpha value is -1.81. The Balaban J connectivity index is 1.89. The van der Waals surface area contributed by atoms with Crippen molar-refractivity contribution in [2.24, 2.45) is 11.3 Å². The van der Waals surface area contributed by atoms with E-state index in [4.69, 9.17) is 23.2 Å². The van der Waals surface area contributed by atoms with Gasteiger partial charge in [0.05, 0.1) is 11.5 Å². The molecule has 2 aromatic carbocycles. The van der Waals surface area contributed by atoms with Gasteiger partial charge < -0.3 is 10.2 Å². The van der Waals surface area contributed by atoms with Crippen LogP contribution in [0.3, 0.4) is 0 Å². The lowest BCUT2D eigenvalue weighted by atomic mass is 9.67. The predicted molar refractivity (Wildman–Crippen MR) is 133 cm³/mol. The zero-order valence-corrected chi connectivity index (χ0v) is 20.4. The van der Waals surface area contributed by atoms with Crippen LogP contribution in [0.1, 0.15) is 55.7 Å². The number of nitrogens with one attached hydrogen (secondary N) is 1. The van der Waals surface area contributed by atoms with Gasteiger partial charge in [0.25, 0.3) is 0 Å². The van der Waals surface area contributed by atoms with Gasteiger partial charge in [0.2, 0.25) is 5.91 Å². The fourth-order valence-electron chi connectivity index (χ4n) is 5.43. The van der Waals surface area contributed by atoms with Crippen molar-refractivity contribution in [2.45, 2.75) is 50.6 Å². The smallest absolute Gasteiger partial charge is 0.229 e. The van der Waals surface area contributed by atoms with Gasteiger partial charge >= 0.3 is 0 Å². The standard InChI is InChI=1S/C27H32Cl2N2O/c1-4-14-27(2)16-23(20-6-5-7-22(29)15-20)25(19-10-12-21(28)13-11-19)31(26(27)32)24(17-30-3)18-8-9-18/h4-7,10-13,15,18,23-25,30H,1,8-9,14,16-17H2,2-3H3/t23?,24-,25?,27?/m1/s1. The summed E-state index contributed by atoms with van der Waals surface area (Å²) in [6.07, 6.45) is 5.63. The van der Waals surface area contributed by atoms with Crippen LogP contribution in [-0.2, 0) is 4.79 Å². The molecule has 0 spiro atoms. The highest BCUT2D eigenvalue weighted by atomic mass is 35.5. The van der Waals surface area contributed by atoms with Crippen LogP contribution >= 0.6 is 23.2 Å². The Labute approximate surface area is 201 Å². The third kappa shape index (κ3) is 4.62. The Morgan fingerprint density at radius 1 is 1.16 bits per heavy atom. The number of likely N-dealkylation sites (N-methyl/N-ethyl adjacent to an activating group) is 1. The number of piperidine rings is 1. The molecule has 4 atom stereocenters. The van der Waals surface area contributed by atoms with E-state index in [0.29, 0.717) is 17.4 Å². The first-order chi connectivity index (χ1) is 15.4. The van der Waals surface area contributed by atoms with E-state index in [-0.39, 0.29) is 23.9 Å². The fourth-order valence-corrected chi connectivity index (χ4v) is 5.76. The van der Waals surface area contributed by atoms with Gasteiger partial charge in [0.1, 0.15) is 0 Å². The molecule has 2 aliphatic rings. The average molecular weight is 471 g/mol. The molecule has 5 heteroatoms. The number of halogens is 2. The van der Waals surface area contributed by atoms with Gasteiger partial charge in [-0.1, -0.05) is 60.5 Å². The number of amides is 1. The van der Waals surface area contributed by atoms with Crippen molar-refractivity contribution in [3.8, 4) is 0 Å². The lowest BCUT2D eigenvalue weighted by Gasteiger charge is -2.52. The van der Waals surface area contributed by atoms with Gasteiger partial charge in [-0.25, -0.2) is 0 Å². The molecular formula is C27H32Cl2N2O. The highest BCUT2D eigenvalue weighted by molar-refractivity contribution is 6.30. The first-order valence-electron chi connectivity index (χ1n) is 11.5. The zero-order valence-electron chi connectivity index (χ0n) is 18.9. The quantitative estimate of drug-likeness (QED) is 0.438. The number of benzene rings is 2. The van der Waals surface area contributed by atoms with Gasteiger partial charge in [0.15, 0.2) is 0 Å². The van der Waals surface area contributed by atoms with Gasteiger partial charge in [-0.2, -0.15) is 0 Å². The van der Waals surface area contributed by atoms with E-state index in [9.17, 15) is 4.79 Å². The molecule has 4 rings (SSSR count). The molecule has 1 aliphatic carbocycles. The molecule has 2 aromatic rings. The number of rotatable bonds is 8. The highest BCUT2D eigenvalue weighted by Gasteiger charge is 2.53. The summed E-state index contributed by atoms with van der Waals surface area (Å²) < 4.78 is 0. The molecule has 2 fully saturated rings. The lowest BCUT2D eigenvalue weighted by molar-refractivity contribution is -0.155. The van der Waals surface area contributed by atoms with E-state index >= 15 is 0 Å². The summed E-state index contributed by atoms with van der Waals surface area (Å²) >= 11 is 12.7. The maximum Gasteiger partial charge on any atom is 0.229 e. The summed E-state index contributed by atoms with van der Waals surface area (Å²) in [6, 6.07) is 16.2. The molecule has 170 valence electrons. The number of hydrogen-bond acceptors (Lipinski definition) is 2. The van der Waals surface area contributed by atoms with Crippen LogP contribution in [0, 0.1) is 11.3 Å². The van der Waals surface area contributed by atoms with E-state index in [2.05, 4.69) is 48.0 Å². The van der Waals surface area contributed by atoms with E-state index in [1.54, 1.807) is 0 Å². The van der Waals surface area contributed by atoms with E-state index in [1.165, 1.54) is 18.4 Å². The van der Waals surface area contributed by atoms with Crippen molar-refractivity contribution in [3.63, 3.8) is 0 Å². The van der Waals surface area contributed by atoms with E-state index in [0.717, 1.165) is 23.6 Å². The molecule has 3 unspecified atom stereocenters. The normalized spacial score (nSPS) is 26.8. The van der Waals surface area contributed by atoms with Crippen molar-refractivity contribution < 1.29 is 4.79 Å². The van der Waals surface area contributed by atoms with Crippen LogP contribution in [0.2, 0.25) is 10.0 Å². The van der Waals surface area contributed by atoms with Gasteiger partial charge in [0, 0.05) is 28.5 Å². The van der Waals surface area contributed by atoms with Crippen molar-refractivity contribution in [2.75, 3.05) is 13.6 Å². The second-order valence-electron chi connectivity index (χ2n) is 9.59. The SMILES string of the molecule is C=CCC1(C)CC(c2cccc(Cl)c2)C(c2ccc(Cl)cc2)N([C@H](CNC)C2CC2)C1=O. The van der Waals surface area contributed by atoms with Crippen molar-refractivity contribution >= 4 is 29.1 Å². The lowest BCUT2D eigenvalue weighted by Crippen LogP contribution is -2.58. The first-order valence-corrected chi connectivity index (χ1v) is 12.2. The van der Waals surface area contributed by atoms with Crippen molar-refractivity contribution in [3.05, 3.63) is 82.4 Å². The number of allylic oxidation sites excluding steroid dienone is 1. The summed E-state index contributed by atoms with van der Waals surface area (Å²) in [5, 5.41) is 4.78. The molecular weight excluding hydrogens is 439 g/mol. The Morgan fingerprint density at radius 2 is 1.88 bits per heavy atom. The van der Waals surface area contributed by atoms with E-state index < -0.39 is 5.41 Å². The summed E-state index contributed by atoms with van der Waals surface area (Å²) in [6.45, 7) is 6.85. The van der Waals surface area contributed by atoms with Crippen LogP contribution < -0.4 is 5.32 Å². The van der Waals surface area contributed by atoms with Crippen molar-refractivity contribution in [1.82, 2.24) is 10.2 Å².